The summed E-state index contributed by atoms with van der Waals surface area (Å²) in [4.78, 5) is 5.29. The van der Waals surface area contributed by atoms with Gasteiger partial charge in [-0.15, -0.1) is 0 Å². The van der Waals surface area contributed by atoms with Gasteiger partial charge in [0.05, 0.1) is 24.3 Å². The van der Waals surface area contributed by atoms with Gasteiger partial charge in [-0.05, 0) is 6.07 Å². The third kappa shape index (κ3) is 2.54. The molecule has 0 bridgehead atoms. The number of ether oxygens (including phenoxy) is 1. The molecule has 0 saturated carbocycles. The Hall–Kier alpha value is -1.81. The predicted octanol–water partition coefficient (Wildman–Crippen LogP) is 1.81. The first-order chi connectivity index (χ1) is 8.52. The first-order valence-corrected chi connectivity index (χ1v) is 5.32. The maximum atomic E-state index is 12.9. The Bertz CT molecular complexity index is 475. The number of anilines is 1. The molecule has 2 heterocycles. The summed E-state index contributed by atoms with van der Waals surface area (Å²) >= 11 is 0. The fourth-order valence-electron chi connectivity index (χ4n) is 1.75. The summed E-state index contributed by atoms with van der Waals surface area (Å²) in [7, 11) is 0. The van der Waals surface area contributed by atoms with E-state index in [1.807, 2.05) is 0 Å². The van der Waals surface area contributed by atoms with Gasteiger partial charge >= 0.3 is 6.18 Å². The van der Waals surface area contributed by atoms with Crippen LogP contribution in [0.5, 0.6) is 0 Å². The zero-order valence-corrected chi connectivity index (χ0v) is 9.37. The fraction of sp³-hybridized carbons (Fsp3) is 0.455. The summed E-state index contributed by atoms with van der Waals surface area (Å²) in [5, 5.41) is 8.64. The lowest BCUT2D eigenvalue weighted by molar-refractivity contribution is -0.137. The number of rotatable bonds is 1. The minimum absolute atomic E-state index is 0.0978. The maximum Gasteiger partial charge on any atom is 0.420 e. The van der Waals surface area contributed by atoms with Crippen LogP contribution in [0.15, 0.2) is 12.3 Å². The normalized spacial score (nSPS) is 16.4. The highest BCUT2D eigenvalue weighted by Gasteiger charge is 2.36. The van der Waals surface area contributed by atoms with Crippen molar-refractivity contribution in [2.45, 2.75) is 6.18 Å². The molecule has 0 unspecified atom stereocenters. The summed E-state index contributed by atoms with van der Waals surface area (Å²) in [6.45, 7) is 1.47. The van der Waals surface area contributed by atoms with Gasteiger partial charge in [0.15, 0.2) is 0 Å². The van der Waals surface area contributed by atoms with Crippen LogP contribution in [-0.4, -0.2) is 31.3 Å². The molecule has 18 heavy (non-hydrogen) atoms. The Morgan fingerprint density at radius 2 is 2.00 bits per heavy atom. The van der Waals surface area contributed by atoms with Crippen LogP contribution < -0.4 is 4.90 Å². The molecule has 0 aliphatic carbocycles. The molecule has 1 saturated heterocycles. The Labute approximate surface area is 102 Å². The SMILES string of the molecule is N#Cc1cnc(N2CCOCC2)c(C(F)(F)F)c1. The van der Waals surface area contributed by atoms with Crippen LogP contribution in [0.2, 0.25) is 0 Å². The number of alkyl halides is 3. The zero-order chi connectivity index (χ0) is 13.2. The number of aromatic nitrogens is 1. The van der Waals surface area contributed by atoms with Crippen LogP contribution in [0.4, 0.5) is 19.0 Å². The minimum Gasteiger partial charge on any atom is -0.378 e. The van der Waals surface area contributed by atoms with Crippen LogP contribution in [0, 0.1) is 11.3 Å². The molecule has 0 amide bonds. The van der Waals surface area contributed by atoms with E-state index in [1.54, 1.807) is 6.07 Å². The second-order valence-electron chi connectivity index (χ2n) is 3.80. The second kappa shape index (κ2) is 4.82. The summed E-state index contributed by atoms with van der Waals surface area (Å²) < 4.78 is 43.8. The van der Waals surface area contributed by atoms with Gasteiger partial charge < -0.3 is 9.64 Å². The average Bonchev–Trinajstić information content (AvgIpc) is 2.38. The molecule has 1 aliphatic heterocycles. The van der Waals surface area contributed by atoms with Crippen LogP contribution in [0.3, 0.4) is 0 Å². The molecule has 2 rings (SSSR count). The summed E-state index contributed by atoms with van der Waals surface area (Å²) in [6.07, 6.45) is -3.37. The monoisotopic (exact) mass is 257 g/mol. The number of hydrogen-bond donors (Lipinski definition) is 0. The molecule has 1 aromatic heterocycles. The van der Waals surface area contributed by atoms with E-state index in [4.69, 9.17) is 10.00 Å². The van der Waals surface area contributed by atoms with E-state index in [2.05, 4.69) is 4.98 Å². The lowest BCUT2D eigenvalue weighted by Gasteiger charge is -2.29. The van der Waals surface area contributed by atoms with E-state index in [1.165, 1.54) is 4.90 Å². The smallest absolute Gasteiger partial charge is 0.378 e. The van der Waals surface area contributed by atoms with Gasteiger partial charge in [-0.3, -0.25) is 0 Å². The van der Waals surface area contributed by atoms with Crippen LogP contribution in [-0.2, 0) is 10.9 Å². The van der Waals surface area contributed by atoms with E-state index in [0.29, 0.717) is 26.3 Å². The van der Waals surface area contributed by atoms with Crippen LogP contribution in [0.1, 0.15) is 11.1 Å². The van der Waals surface area contributed by atoms with Gasteiger partial charge in [0.25, 0.3) is 0 Å². The van der Waals surface area contributed by atoms with Crippen molar-refractivity contribution >= 4 is 5.82 Å². The van der Waals surface area contributed by atoms with Crippen molar-refractivity contribution in [3.8, 4) is 6.07 Å². The lowest BCUT2D eigenvalue weighted by atomic mass is 10.1. The van der Waals surface area contributed by atoms with Crippen molar-refractivity contribution in [3.05, 3.63) is 23.4 Å². The minimum atomic E-state index is -4.52. The molecule has 0 aromatic carbocycles. The first-order valence-electron chi connectivity index (χ1n) is 5.32. The van der Waals surface area contributed by atoms with E-state index < -0.39 is 11.7 Å². The van der Waals surface area contributed by atoms with Gasteiger partial charge in [0.1, 0.15) is 11.9 Å². The van der Waals surface area contributed by atoms with E-state index >= 15 is 0 Å². The van der Waals surface area contributed by atoms with Gasteiger partial charge in [0, 0.05) is 19.3 Å². The van der Waals surface area contributed by atoms with Crippen LogP contribution >= 0.6 is 0 Å². The first kappa shape index (κ1) is 12.6. The topological polar surface area (TPSA) is 49.2 Å². The van der Waals surface area contributed by atoms with Crippen molar-refractivity contribution in [2.24, 2.45) is 0 Å². The Morgan fingerprint density at radius 3 is 2.56 bits per heavy atom. The Kier molecular flexibility index (Phi) is 3.39. The Morgan fingerprint density at radius 1 is 1.33 bits per heavy atom. The molecule has 0 atom stereocenters. The highest BCUT2D eigenvalue weighted by Crippen LogP contribution is 2.36. The predicted molar refractivity (Wildman–Crippen MR) is 57.0 cm³/mol. The fourth-order valence-corrected chi connectivity index (χ4v) is 1.75. The quantitative estimate of drug-likeness (QED) is 0.769. The van der Waals surface area contributed by atoms with Crippen molar-refractivity contribution in [1.82, 2.24) is 4.98 Å². The molecule has 96 valence electrons. The van der Waals surface area contributed by atoms with Crippen LogP contribution in [0.25, 0.3) is 0 Å². The van der Waals surface area contributed by atoms with E-state index in [-0.39, 0.29) is 11.4 Å². The van der Waals surface area contributed by atoms with Gasteiger partial charge in [0.2, 0.25) is 0 Å². The van der Waals surface area contributed by atoms with Crippen molar-refractivity contribution in [1.29, 1.82) is 5.26 Å². The van der Waals surface area contributed by atoms with E-state index in [9.17, 15) is 13.2 Å². The number of morpholine rings is 1. The Balaban J connectivity index is 2.42. The highest BCUT2D eigenvalue weighted by atomic mass is 19.4. The molecule has 1 aliphatic rings. The molecule has 1 aromatic rings. The molecular weight excluding hydrogens is 247 g/mol. The standard InChI is InChI=1S/C11H10F3N3O/c12-11(13,14)9-5-8(6-15)7-16-10(9)17-1-3-18-4-2-17/h5,7H,1-4H2. The van der Waals surface area contributed by atoms with Gasteiger partial charge in [-0.2, -0.15) is 18.4 Å². The third-order valence-corrected chi connectivity index (χ3v) is 2.61. The highest BCUT2D eigenvalue weighted by molar-refractivity contribution is 5.51. The van der Waals surface area contributed by atoms with Crippen molar-refractivity contribution in [3.63, 3.8) is 0 Å². The molecular formula is C11H10F3N3O. The molecule has 1 fully saturated rings. The summed E-state index contributed by atoms with van der Waals surface area (Å²) in [6, 6.07) is 2.50. The molecule has 7 heteroatoms. The van der Waals surface area contributed by atoms with Gasteiger partial charge in [-0.25, -0.2) is 4.98 Å². The van der Waals surface area contributed by atoms with Gasteiger partial charge in [-0.1, -0.05) is 0 Å². The molecule has 0 N–H and O–H groups in total. The molecule has 0 spiro atoms. The average molecular weight is 257 g/mol. The largest absolute Gasteiger partial charge is 0.420 e. The lowest BCUT2D eigenvalue weighted by Crippen LogP contribution is -2.38. The number of hydrogen-bond acceptors (Lipinski definition) is 4. The zero-order valence-electron chi connectivity index (χ0n) is 9.37. The third-order valence-electron chi connectivity index (χ3n) is 2.61. The van der Waals surface area contributed by atoms with Crippen molar-refractivity contribution in [2.75, 3.05) is 31.2 Å². The molecule has 4 nitrogen and oxygen atoms in total. The molecule has 0 radical (unpaired) electrons. The number of nitrogens with zero attached hydrogens (tertiary/aromatic N) is 3. The number of pyridine rings is 1. The van der Waals surface area contributed by atoms with Crippen molar-refractivity contribution < 1.29 is 17.9 Å². The number of halogens is 3. The summed E-state index contributed by atoms with van der Waals surface area (Å²) in [5.74, 6) is -0.134. The number of nitriles is 1. The summed E-state index contributed by atoms with van der Waals surface area (Å²) in [5.41, 5.74) is -0.970. The maximum absolute atomic E-state index is 12.9. The second-order valence-corrected chi connectivity index (χ2v) is 3.80. The van der Waals surface area contributed by atoms with E-state index in [0.717, 1.165) is 12.3 Å².